The van der Waals surface area contributed by atoms with Gasteiger partial charge in [0, 0.05) is 5.92 Å². The number of benzene rings is 2. The number of rotatable bonds is 9. The van der Waals surface area contributed by atoms with E-state index in [-0.39, 0.29) is 11.5 Å². The Morgan fingerprint density at radius 2 is 1.61 bits per heavy atom. The second-order valence-corrected chi connectivity index (χ2v) is 8.90. The lowest BCUT2D eigenvalue weighted by atomic mass is 9.80. The molecule has 0 saturated carbocycles. The molecule has 4 unspecified atom stereocenters. The van der Waals surface area contributed by atoms with Gasteiger partial charge in [0.2, 0.25) is 0 Å². The van der Waals surface area contributed by atoms with E-state index >= 15 is 0 Å². The molecule has 4 nitrogen and oxygen atoms in total. The second kappa shape index (κ2) is 10.6. The summed E-state index contributed by atoms with van der Waals surface area (Å²) in [4.78, 5) is 0. The number of aryl methyl sites for hydroxylation is 2. The van der Waals surface area contributed by atoms with Gasteiger partial charge in [0.05, 0.1) is 12.7 Å². The normalized spacial score (nSPS) is 17.5. The van der Waals surface area contributed by atoms with Gasteiger partial charge in [0.1, 0.15) is 12.2 Å². The Morgan fingerprint density at radius 3 is 2.26 bits per heavy atom. The second-order valence-electron chi connectivity index (χ2n) is 8.90. The summed E-state index contributed by atoms with van der Waals surface area (Å²) < 4.78 is 0. The Bertz CT molecular complexity index is 887. The largest absolute Gasteiger partial charge is 0.392 e. The molecular formula is C27H36O4. The van der Waals surface area contributed by atoms with Crippen molar-refractivity contribution < 1.29 is 20.4 Å². The molecule has 31 heavy (non-hydrogen) atoms. The predicted molar refractivity (Wildman–Crippen MR) is 124 cm³/mol. The standard InChI is InChI=1S/C27H36O4/c1-4-19-9-11-20(12-10-19)13-23-15-22(14-21-7-5-6-8-24(21)23)18(3)26(30)27(31)25(29)17(2)16-28/h9-12,14-15,18,25-31H,2,4-8,13,16H2,1,3H3. The van der Waals surface area contributed by atoms with E-state index in [0.29, 0.717) is 0 Å². The quantitative estimate of drug-likeness (QED) is 0.465. The molecule has 1 aliphatic rings. The Kier molecular flexibility index (Phi) is 8.06. The van der Waals surface area contributed by atoms with Crippen molar-refractivity contribution in [1.29, 1.82) is 0 Å². The molecule has 4 N–H and O–H groups in total. The molecule has 2 aromatic rings. The summed E-state index contributed by atoms with van der Waals surface area (Å²) in [6, 6.07) is 13.1. The van der Waals surface area contributed by atoms with Crippen molar-refractivity contribution in [2.24, 2.45) is 0 Å². The molecular weight excluding hydrogens is 388 g/mol. The molecule has 0 fully saturated rings. The van der Waals surface area contributed by atoms with Crippen LogP contribution >= 0.6 is 0 Å². The van der Waals surface area contributed by atoms with E-state index in [9.17, 15) is 20.4 Å². The Labute approximate surface area is 185 Å². The van der Waals surface area contributed by atoms with Crippen LogP contribution in [0, 0.1) is 0 Å². The fraction of sp³-hybridized carbons (Fsp3) is 0.481. The summed E-state index contributed by atoms with van der Waals surface area (Å²) in [6.45, 7) is 7.16. The Morgan fingerprint density at radius 1 is 0.968 bits per heavy atom. The number of aliphatic hydroxyl groups is 4. The highest BCUT2D eigenvalue weighted by Gasteiger charge is 2.31. The third kappa shape index (κ3) is 5.45. The van der Waals surface area contributed by atoms with E-state index in [4.69, 9.17) is 0 Å². The van der Waals surface area contributed by atoms with Gasteiger partial charge in [-0.05, 0) is 77.5 Å². The molecule has 3 rings (SSSR count). The summed E-state index contributed by atoms with van der Waals surface area (Å²) >= 11 is 0. The fourth-order valence-electron chi connectivity index (χ4n) is 4.53. The van der Waals surface area contributed by atoms with Gasteiger partial charge in [0.15, 0.2) is 0 Å². The van der Waals surface area contributed by atoms with Crippen molar-refractivity contribution in [3.8, 4) is 0 Å². The highest BCUT2D eigenvalue weighted by Crippen LogP contribution is 2.32. The van der Waals surface area contributed by atoms with E-state index in [0.717, 1.165) is 37.7 Å². The number of hydrogen-bond donors (Lipinski definition) is 4. The maximum Gasteiger partial charge on any atom is 0.110 e. The van der Waals surface area contributed by atoms with E-state index in [1.165, 1.54) is 34.2 Å². The van der Waals surface area contributed by atoms with Gasteiger partial charge >= 0.3 is 0 Å². The third-order valence-corrected chi connectivity index (χ3v) is 6.74. The van der Waals surface area contributed by atoms with Crippen LogP contribution in [0.1, 0.15) is 66.0 Å². The van der Waals surface area contributed by atoms with Gasteiger partial charge < -0.3 is 20.4 Å². The van der Waals surface area contributed by atoms with Crippen molar-refractivity contribution in [2.45, 2.75) is 76.6 Å². The summed E-state index contributed by atoms with van der Waals surface area (Å²) in [5, 5.41) is 40.6. The van der Waals surface area contributed by atoms with Crippen LogP contribution in [0.2, 0.25) is 0 Å². The van der Waals surface area contributed by atoms with Gasteiger partial charge in [-0.3, -0.25) is 0 Å². The van der Waals surface area contributed by atoms with Gasteiger partial charge in [-0.2, -0.15) is 0 Å². The molecule has 0 saturated heterocycles. The van der Waals surface area contributed by atoms with Gasteiger partial charge in [0.25, 0.3) is 0 Å². The van der Waals surface area contributed by atoms with Crippen LogP contribution in [0.4, 0.5) is 0 Å². The average molecular weight is 425 g/mol. The molecule has 0 aromatic heterocycles. The molecule has 0 amide bonds. The first-order valence-electron chi connectivity index (χ1n) is 11.4. The van der Waals surface area contributed by atoms with Crippen LogP contribution in [0.25, 0.3) is 0 Å². The van der Waals surface area contributed by atoms with Gasteiger partial charge in [-0.25, -0.2) is 0 Å². The van der Waals surface area contributed by atoms with E-state index < -0.39 is 24.9 Å². The summed E-state index contributed by atoms with van der Waals surface area (Å²) in [5.74, 6) is -0.371. The Hall–Kier alpha value is -1.98. The molecule has 0 radical (unpaired) electrons. The SMILES string of the molecule is C=C(CO)C(O)C(O)C(O)C(C)c1cc2c(c(Cc3ccc(CC)cc3)c1)CCCC2. The van der Waals surface area contributed by atoms with Gasteiger partial charge in [-0.1, -0.05) is 56.8 Å². The fourth-order valence-corrected chi connectivity index (χ4v) is 4.53. The number of hydrogen-bond acceptors (Lipinski definition) is 4. The van der Waals surface area contributed by atoms with Gasteiger partial charge in [-0.15, -0.1) is 0 Å². The van der Waals surface area contributed by atoms with Crippen molar-refractivity contribution in [3.05, 3.63) is 81.9 Å². The average Bonchev–Trinajstić information content (AvgIpc) is 2.81. The van der Waals surface area contributed by atoms with Crippen LogP contribution in [-0.2, 0) is 25.7 Å². The molecule has 0 spiro atoms. The maximum absolute atomic E-state index is 10.8. The van der Waals surface area contributed by atoms with Crippen LogP contribution in [0.3, 0.4) is 0 Å². The third-order valence-electron chi connectivity index (χ3n) is 6.74. The lowest BCUT2D eigenvalue weighted by molar-refractivity contribution is -0.0558. The first-order valence-corrected chi connectivity index (χ1v) is 11.4. The van der Waals surface area contributed by atoms with Crippen molar-refractivity contribution >= 4 is 0 Å². The van der Waals surface area contributed by atoms with Crippen molar-refractivity contribution in [2.75, 3.05) is 6.61 Å². The molecule has 4 atom stereocenters. The number of aliphatic hydroxyl groups excluding tert-OH is 4. The molecule has 0 heterocycles. The van der Waals surface area contributed by atoms with Crippen LogP contribution in [0.15, 0.2) is 48.6 Å². The minimum Gasteiger partial charge on any atom is -0.392 e. The van der Waals surface area contributed by atoms with Crippen molar-refractivity contribution in [3.63, 3.8) is 0 Å². The van der Waals surface area contributed by atoms with E-state index in [1.807, 2.05) is 6.92 Å². The molecule has 4 heteroatoms. The molecule has 2 aromatic carbocycles. The predicted octanol–water partition coefficient (Wildman–Crippen LogP) is 3.45. The zero-order valence-corrected chi connectivity index (χ0v) is 18.7. The molecule has 0 aliphatic heterocycles. The van der Waals surface area contributed by atoms with Crippen LogP contribution in [-0.4, -0.2) is 45.3 Å². The molecule has 1 aliphatic carbocycles. The monoisotopic (exact) mass is 424 g/mol. The smallest absolute Gasteiger partial charge is 0.110 e. The minimum absolute atomic E-state index is 0.0976. The Balaban J connectivity index is 1.89. The minimum atomic E-state index is -1.41. The summed E-state index contributed by atoms with van der Waals surface area (Å²) in [6.07, 6.45) is 2.39. The number of fused-ring (bicyclic) bond motifs is 1. The van der Waals surface area contributed by atoms with Crippen LogP contribution < -0.4 is 0 Å². The topological polar surface area (TPSA) is 80.9 Å². The zero-order valence-electron chi connectivity index (χ0n) is 18.7. The maximum atomic E-state index is 10.8. The first kappa shape index (κ1) is 23.7. The van der Waals surface area contributed by atoms with Crippen LogP contribution in [0.5, 0.6) is 0 Å². The summed E-state index contributed by atoms with van der Waals surface area (Å²) in [7, 11) is 0. The first-order chi connectivity index (χ1) is 14.8. The van der Waals surface area contributed by atoms with Crippen molar-refractivity contribution in [1.82, 2.24) is 0 Å². The molecule has 0 bridgehead atoms. The lowest BCUT2D eigenvalue weighted by Gasteiger charge is -2.30. The summed E-state index contributed by atoms with van der Waals surface area (Å²) in [5.41, 5.74) is 7.70. The lowest BCUT2D eigenvalue weighted by Crippen LogP contribution is -2.41. The highest BCUT2D eigenvalue weighted by atomic mass is 16.4. The zero-order chi connectivity index (χ0) is 22.5. The van der Waals surface area contributed by atoms with E-state index in [1.54, 1.807) is 0 Å². The van der Waals surface area contributed by atoms with E-state index in [2.05, 4.69) is 49.9 Å². The highest BCUT2D eigenvalue weighted by molar-refractivity contribution is 5.44. The molecule has 168 valence electrons.